The highest BCUT2D eigenvalue weighted by atomic mass is 35.5. The molecule has 1 aliphatic heterocycles. The van der Waals surface area contributed by atoms with Crippen molar-refractivity contribution in [3.05, 3.63) is 52.2 Å². The third kappa shape index (κ3) is 4.24. The van der Waals surface area contributed by atoms with Crippen LogP contribution in [0.15, 0.2) is 24.5 Å². The summed E-state index contributed by atoms with van der Waals surface area (Å²) in [5, 5.41) is 10.3. The molecule has 31 heavy (non-hydrogen) atoms. The van der Waals surface area contributed by atoms with Gasteiger partial charge in [0.1, 0.15) is 18.0 Å². The van der Waals surface area contributed by atoms with Crippen molar-refractivity contribution in [1.82, 2.24) is 14.9 Å². The molecular weight excluding hydrogens is 421 g/mol. The lowest BCUT2D eigenvalue weighted by molar-refractivity contribution is -0.133. The number of aliphatic hydroxyl groups excluding tert-OH is 1. The summed E-state index contributed by atoms with van der Waals surface area (Å²) in [6, 6.07) is 3.76. The minimum Gasteiger partial charge on any atom is -0.387 e. The van der Waals surface area contributed by atoms with Crippen molar-refractivity contribution >= 4 is 23.3 Å². The molecule has 2 heterocycles. The molecule has 1 unspecified atom stereocenters. The summed E-state index contributed by atoms with van der Waals surface area (Å²) >= 11 is 5.72. The highest BCUT2D eigenvalue weighted by Crippen LogP contribution is 2.43. The van der Waals surface area contributed by atoms with Crippen LogP contribution in [-0.4, -0.2) is 57.6 Å². The standard InChI is InChI=1S/C22H27ClFN5O2/c1-12-7-18(30)20-19(12)21(27-11-26-20)29-6-5-28(10-13(29)2)22(31)17(25)9-14-3-4-15(23)16(24)8-14/h3-4,8,11-13,17-18,30H,5-7,9-10,25H2,1-2H3/t12-,13+,17?,18-/m1/s1. The van der Waals surface area contributed by atoms with Crippen molar-refractivity contribution in [2.24, 2.45) is 5.73 Å². The fraction of sp³-hybridized carbons (Fsp3) is 0.500. The fourth-order valence-electron chi connectivity index (χ4n) is 4.65. The summed E-state index contributed by atoms with van der Waals surface area (Å²) in [5.41, 5.74) is 8.51. The average Bonchev–Trinajstić information content (AvgIpc) is 3.04. The van der Waals surface area contributed by atoms with E-state index < -0.39 is 18.0 Å². The van der Waals surface area contributed by atoms with E-state index in [-0.39, 0.29) is 29.3 Å². The molecule has 4 atom stereocenters. The Morgan fingerprint density at radius 1 is 1.35 bits per heavy atom. The van der Waals surface area contributed by atoms with Gasteiger partial charge in [0.05, 0.1) is 22.9 Å². The van der Waals surface area contributed by atoms with Crippen LogP contribution in [0.2, 0.25) is 5.02 Å². The number of nitrogens with zero attached hydrogens (tertiary/aromatic N) is 4. The predicted molar refractivity (Wildman–Crippen MR) is 117 cm³/mol. The second-order valence-corrected chi connectivity index (χ2v) is 8.94. The Balaban J connectivity index is 1.44. The van der Waals surface area contributed by atoms with Crippen LogP contribution in [0.25, 0.3) is 0 Å². The zero-order valence-corrected chi connectivity index (χ0v) is 18.4. The maximum atomic E-state index is 13.7. The lowest BCUT2D eigenvalue weighted by Gasteiger charge is -2.42. The van der Waals surface area contributed by atoms with Crippen LogP contribution in [0.1, 0.15) is 49.1 Å². The Hall–Kier alpha value is -2.29. The Morgan fingerprint density at radius 3 is 2.84 bits per heavy atom. The van der Waals surface area contributed by atoms with E-state index in [1.807, 2.05) is 6.92 Å². The monoisotopic (exact) mass is 447 g/mol. The van der Waals surface area contributed by atoms with Gasteiger partial charge in [-0.3, -0.25) is 4.79 Å². The lowest BCUT2D eigenvalue weighted by Crippen LogP contribution is -2.57. The van der Waals surface area contributed by atoms with E-state index in [9.17, 15) is 14.3 Å². The van der Waals surface area contributed by atoms with Gasteiger partial charge in [-0.25, -0.2) is 14.4 Å². The number of anilines is 1. The molecule has 1 saturated heterocycles. The summed E-state index contributed by atoms with van der Waals surface area (Å²) in [6.45, 7) is 5.76. The van der Waals surface area contributed by atoms with Crippen LogP contribution < -0.4 is 10.6 Å². The van der Waals surface area contributed by atoms with Crippen molar-refractivity contribution in [2.45, 2.75) is 50.8 Å². The zero-order valence-electron chi connectivity index (χ0n) is 17.6. The van der Waals surface area contributed by atoms with Gasteiger partial charge < -0.3 is 20.6 Å². The Kier molecular flexibility index (Phi) is 6.14. The molecule has 0 saturated carbocycles. The quantitative estimate of drug-likeness (QED) is 0.747. The number of amides is 1. The molecule has 3 N–H and O–H groups in total. The minimum atomic E-state index is -0.752. The zero-order chi connectivity index (χ0) is 22.3. The van der Waals surface area contributed by atoms with Crippen molar-refractivity contribution in [3.8, 4) is 0 Å². The average molecular weight is 448 g/mol. The van der Waals surface area contributed by atoms with Gasteiger partial charge in [0.2, 0.25) is 5.91 Å². The lowest BCUT2D eigenvalue weighted by atomic mass is 10.0. The van der Waals surface area contributed by atoms with Crippen LogP contribution in [-0.2, 0) is 11.2 Å². The second-order valence-electron chi connectivity index (χ2n) is 8.53. The van der Waals surface area contributed by atoms with Crippen LogP contribution in [0.4, 0.5) is 10.2 Å². The number of hydrogen-bond acceptors (Lipinski definition) is 6. The van der Waals surface area contributed by atoms with E-state index >= 15 is 0 Å². The number of aliphatic hydroxyl groups is 1. The first-order valence-corrected chi connectivity index (χ1v) is 10.9. The van der Waals surface area contributed by atoms with Gasteiger partial charge in [0, 0.05) is 31.2 Å². The first-order valence-electron chi connectivity index (χ1n) is 10.5. The first kappa shape index (κ1) is 21.9. The number of aromatic nitrogens is 2. The molecule has 2 aliphatic rings. The van der Waals surface area contributed by atoms with Gasteiger partial charge in [0.25, 0.3) is 0 Å². The van der Waals surface area contributed by atoms with Gasteiger partial charge in [0.15, 0.2) is 0 Å². The fourth-order valence-corrected chi connectivity index (χ4v) is 4.76. The van der Waals surface area contributed by atoms with Crippen LogP contribution >= 0.6 is 11.6 Å². The number of piperazine rings is 1. The number of benzene rings is 1. The Morgan fingerprint density at radius 2 is 2.13 bits per heavy atom. The summed E-state index contributed by atoms with van der Waals surface area (Å²) in [6.07, 6.45) is 1.84. The van der Waals surface area contributed by atoms with Crippen molar-refractivity contribution in [2.75, 3.05) is 24.5 Å². The number of rotatable bonds is 4. The van der Waals surface area contributed by atoms with Gasteiger partial charge in [-0.05, 0) is 43.4 Å². The highest BCUT2D eigenvalue weighted by molar-refractivity contribution is 6.30. The van der Waals surface area contributed by atoms with Crippen LogP contribution in [0.3, 0.4) is 0 Å². The highest BCUT2D eigenvalue weighted by Gasteiger charge is 2.36. The third-order valence-corrected chi connectivity index (χ3v) is 6.55. The summed E-state index contributed by atoms with van der Waals surface area (Å²) < 4.78 is 13.7. The van der Waals surface area contributed by atoms with Gasteiger partial charge in [-0.1, -0.05) is 24.6 Å². The van der Waals surface area contributed by atoms with Crippen molar-refractivity contribution < 1.29 is 14.3 Å². The maximum Gasteiger partial charge on any atom is 0.239 e. The Bertz CT molecular complexity index is 990. The van der Waals surface area contributed by atoms with Crippen molar-refractivity contribution in [1.29, 1.82) is 0 Å². The maximum absolute atomic E-state index is 13.7. The molecule has 1 aromatic heterocycles. The van der Waals surface area contributed by atoms with Gasteiger partial charge >= 0.3 is 0 Å². The summed E-state index contributed by atoms with van der Waals surface area (Å²) in [4.78, 5) is 25.7. The van der Waals surface area contributed by atoms with Crippen molar-refractivity contribution in [3.63, 3.8) is 0 Å². The molecular formula is C22H27ClFN5O2. The van der Waals surface area contributed by atoms with Crippen LogP contribution in [0, 0.1) is 5.82 Å². The van der Waals surface area contributed by atoms with E-state index in [2.05, 4.69) is 21.8 Å². The molecule has 9 heteroatoms. The van der Waals surface area contributed by atoms with Gasteiger partial charge in [-0.2, -0.15) is 0 Å². The molecule has 1 aliphatic carbocycles. The molecule has 0 radical (unpaired) electrons. The van der Waals surface area contributed by atoms with E-state index in [1.54, 1.807) is 11.0 Å². The SMILES string of the molecule is C[C@@H]1C[C@@H](O)c2ncnc(N3CCN(C(=O)C(N)Cc4ccc(Cl)c(F)c4)C[C@@H]3C)c21. The number of hydrogen-bond donors (Lipinski definition) is 2. The van der Waals surface area contributed by atoms with Crippen LogP contribution in [0.5, 0.6) is 0 Å². The summed E-state index contributed by atoms with van der Waals surface area (Å²) in [5.74, 6) is 0.354. The molecule has 1 amide bonds. The number of nitrogens with two attached hydrogens (primary N) is 1. The summed E-state index contributed by atoms with van der Waals surface area (Å²) in [7, 11) is 0. The molecule has 1 fully saturated rings. The molecule has 0 spiro atoms. The number of carbonyl (C=O) groups is 1. The number of fused-ring (bicyclic) bond motifs is 1. The third-order valence-electron chi connectivity index (χ3n) is 6.25. The first-order chi connectivity index (χ1) is 14.8. The molecule has 4 rings (SSSR count). The molecule has 166 valence electrons. The second kappa shape index (κ2) is 8.68. The predicted octanol–water partition coefficient (Wildman–Crippen LogP) is 2.42. The number of carbonyl (C=O) groups excluding carboxylic acids is 1. The molecule has 2 aromatic rings. The molecule has 7 nitrogen and oxygen atoms in total. The smallest absolute Gasteiger partial charge is 0.239 e. The number of halogens is 2. The molecule has 0 bridgehead atoms. The van der Waals surface area contributed by atoms with E-state index in [0.717, 1.165) is 11.4 Å². The largest absolute Gasteiger partial charge is 0.387 e. The van der Waals surface area contributed by atoms with E-state index in [4.69, 9.17) is 17.3 Å². The normalized spacial score (nSPS) is 24.3. The molecule has 1 aromatic carbocycles. The Labute approximate surface area is 186 Å². The topological polar surface area (TPSA) is 95.6 Å². The van der Waals surface area contributed by atoms with E-state index in [1.165, 1.54) is 18.5 Å². The van der Waals surface area contributed by atoms with E-state index in [0.29, 0.717) is 37.3 Å². The van der Waals surface area contributed by atoms with Gasteiger partial charge in [-0.15, -0.1) is 0 Å². The minimum absolute atomic E-state index is 0.0295.